The number of thioether (sulfide) groups is 1. The first-order valence-electron chi connectivity index (χ1n) is 8.75. The summed E-state index contributed by atoms with van der Waals surface area (Å²) in [5.74, 6) is 1.97. The fourth-order valence-electron chi connectivity index (χ4n) is 2.95. The summed E-state index contributed by atoms with van der Waals surface area (Å²) in [6, 6.07) is 5.91. The number of fused-ring (bicyclic) bond motifs is 1. The molecule has 0 aliphatic rings. The molecule has 0 bridgehead atoms. The minimum absolute atomic E-state index is 0.189. The zero-order valence-electron chi connectivity index (χ0n) is 16.3. The van der Waals surface area contributed by atoms with Crippen LogP contribution in [0.5, 0.6) is 11.5 Å². The van der Waals surface area contributed by atoms with Crippen LogP contribution in [0.2, 0.25) is 0 Å². The maximum absolute atomic E-state index is 11.3. The molecule has 148 valence electrons. The van der Waals surface area contributed by atoms with Gasteiger partial charge in [-0.1, -0.05) is 6.07 Å². The number of rotatable bonds is 8. The van der Waals surface area contributed by atoms with Crippen molar-refractivity contribution in [3.05, 3.63) is 29.4 Å². The molecule has 8 heteroatoms. The summed E-state index contributed by atoms with van der Waals surface area (Å²) in [7, 11) is 4.67. The Balaban J connectivity index is 1.97. The van der Waals surface area contributed by atoms with Crippen molar-refractivity contribution in [2.75, 3.05) is 27.1 Å². The van der Waals surface area contributed by atoms with Gasteiger partial charge in [0, 0.05) is 22.6 Å². The first kappa shape index (κ1) is 20.4. The summed E-state index contributed by atoms with van der Waals surface area (Å²) in [5, 5.41) is 1.96. The lowest BCUT2D eigenvalue weighted by molar-refractivity contribution is -0.140. The Morgan fingerprint density at radius 1 is 1.14 bits per heavy atom. The highest BCUT2D eigenvalue weighted by atomic mass is 32.2. The Kier molecular flexibility index (Phi) is 6.74. The number of carbonyl (C=O) groups is 1. The molecular weight excluding hydrogens is 396 g/mol. The number of hydrogen-bond donors (Lipinski definition) is 0. The SMILES string of the molecule is COC(=O)CCCSc1ncnc2sc(C)c(-c3ccc(OC)c(OC)c3)c12. The van der Waals surface area contributed by atoms with Crippen molar-refractivity contribution in [3.63, 3.8) is 0 Å². The number of carbonyl (C=O) groups excluding carboxylic acids is 1. The maximum Gasteiger partial charge on any atom is 0.305 e. The van der Waals surface area contributed by atoms with E-state index in [9.17, 15) is 4.79 Å². The fraction of sp³-hybridized carbons (Fsp3) is 0.350. The molecule has 28 heavy (non-hydrogen) atoms. The zero-order chi connectivity index (χ0) is 20.1. The van der Waals surface area contributed by atoms with Gasteiger partial charge in [-0.15, -0.1) is 23.1 Å². The lowest BCUT2D eigenvalue weighted by Gasteiger charge is -2.11. The average molecular weight is 419 g/mol. The molecule has 0 aliphatic carbocycles. The van der Waals surface area contributed by atoms with Gasteiger partial charge in [0.1, 0.15) is 16.2 Å². The van der Waals surface area contributed by atoms with Crippen LogP contribution in [0.3, 0.4) is 0 Å². The largest absolute Gasteiger partial charge is 0.493 e. The van der Waals surface area contributed by atoms with Gasteiger partial charge in [-0.05, 0) is 31.0 Å². The summed E-state index contributed by atoms with van der Waals surface area (Å²) in [5.41, 5.74) is 2.14. The van der Waals surface area contributed by atoms with Gasteiger partial charge in [0.15, 0.2) is 11.5 Å². The van der Waals surface area contributed by atoms with E-state index in [-0.39, 0.29) is 5.97 Å². The van der Waals surface area contributed by atoms with E-state index in [2.05, 4.69) is 16.9 Å². The molecule has 3 rings (SSSR count). The van der Waals surface area contributed by atoms with E-state index in [1.165, 1.54) is 12.0 Å². The van der Waals surface area contributed by atoms with E-state index in [1.54, 1.807) is 43.6 Å². The molecule has 0 spiro atoms. The van der Waals surface area contributed by atoms with Gasteiger partial charge in [-0.2, -0.15) is 0 Å². The van der Waals surface area contributed by atoms with Gasteiger partial charge in [0.2, 0.25) is 0 Å². The van der Waals surface area contributed by atoms with Gasteiger partial charge in [-0.25, -0.2) is 9.97 Å². The van der Waals surface area contributed by atoms with Crippen molar-refractivity contribution in [2.24, 2.45) is 0 Å². The molecule has 0 aliphatic heterocycles. The Morgan fingerprint density at radius 3 is 2.64 bits per heavy atom. The molecule has 6 nitrogen and oxygen atoms in total. The number of thiophene rings is 1. The molecule has 1 aromatic carbocycles. The van der Waals surface area contributed by atoms with Crippen LogP contribution >= 0.6 is 23.1 Å². The second-order valence-electron chi connectivity index (χ2n) is 5.99. The van der Waals surface area contributed by atoms with Crippen LogP contribution in [0.15, 0.2) is 29.6 Å². The third-order valence-electron chi connectivity index (χ3n) is 4.29. The summed E-state index contributed by atoms with van der Waals surface area (Å²) in [6.45, 7) is 2.09. The van der Waals surface area contributed by atoms with Crippen LogP contribution in [0.1, 0.15) is 17.7 Å². The van der Waals surface area contributed by atoms with Crippen molar-refractivity contribution in [3.8, 4) is 22.6 Å². The van der Waals surface area contributed by atoms with Crippen LogP contribution in [-0.4, -0.2) is 43.0 Å². The summed E-state index contributed by atoms with van der Waals surface area (Å²) in [6.07, 6.45) is 2.74. The normalized spacial score (nSPS) is 10.9. The number of aromatic nitrogens is 2. The number of esters is 1. The van der Waals surface area contributed by atoms with E-state index in [0.717, 1.165) is 38.5 Å². The van der Waals surface area contributed by atoms with E-state index < -0.39 is 0 Å². The smallest absolute Gasteiger partial charge is 0.305 e. The van der Waals surface area contributed by atoms with Crippen molar-refractivity contribution in [1.29, 1.82) is 0 Å². The quantitative estimate of drug-likeness (QED) is 0.227. The van der Waals surface area contributed by atoms with Crippen molar-refractivity contribution in [1.82, 2.24) is 9.97 Å². The standard InChI is InChI=1S/C20H22N2O4S2/c1-12-17(13-7-8-14(24-2)15(10-13)25-3)18-19(21-11-22-20(18)28-12)27-9-5-6-16(23)26-4/h7-8,10-11H,5-6,9H2,1-4H3. The Morgan fingerprint density at radius 2 is 1.93 bits per heavy atom. The summed E-state index contributed by atoms with van der Waals surface area (Å²) < 4.78 is 15.5. The van der Waals surface area contributed by atoms with E-state index in [4.69, 9.17) is 14.2 Å². The molecule has 0 N–H and O–H groups in total. The Labute approximate surface area is 172 Å². The molecule has 0 unspecified atom stereocenters. The van der Waals surface area contributed by atoms with Crippen LogP contribution in [0.4, 0.5) is 0 Å². The van der Waals surface area contributed by atoms with Gasteiger partial charge >= 0.3 is 5.97 Å². The van der Waals surface area contributed by atoms with E-state index in [0.29, 0.717) is 17.9 Å². The molecule has 0 saturated carbocycles. The highest BCUT2D eigenvalue weighted by molar-refractivity contribution is 7.99. The first-order chi connectivity index (χ1) is 13.6. The van der Waals surface area contributed by atoms with Crippen molar-refractivity contribution < 1.29 is 19.0 Å². The molecular formula is C20H22N2O4S2. The Hall–Kier alpha value is -2.32. The average Bonchev–Trinajstić information content (AvgIpc) is 3.06. The predicted molar refractivity (Wildman–Crippen MR) is 113 cm³/mol. The number of aryl methyl sites for hydroxylation is 1. The third kappa shape index (κ3) is 4.23. The highest BCUT2D eigenvalue weighted by Gasteiger charge is 2.18. The molecule has 0 fully saturated rings. The maximum atomic E-state index is 11.3. The van der Waals surface area contributed by atoms with Crippen LogP contribution in [-0.2, 0) is 9.53 Å². The molecule has 2 heterocycles. The number of nitrogens with zero attached hydrogens (tertiary/aromatic N) is 2. The monoisotopic (exact) mass is 418 g/mol. The predicted octanol–water partition coefficient (Wildman–Crippen LogP) is 4.73. The van der Waals surface area contributed by atoms with E-state index >= 15 is 0 Å². The summed E-state index contributed by atoms with van der Waals surface area (Å²) in [4.78, 5) is 22.4. The molecule has 2 aromatic heterocycles. The minimum atomic E-state index is -0.189. The number of hydrogen-bond acceptors (Lipinski definition) is 8. The van der Waals surface area contributed by atoms with Gasteiger partial charge in [-0.3, -0.25) is 4.79 Å². The van der Waals surface area contributed by atoms with Gasteiger partial charge in [0.25, 0.3) is 0 Å². The highest BCUT2D eigenvalue weighted by Crippen LogP contribution is 2.43. The second kappa shape index (κ2) is 9.25. The van der Waals surface area contributed by atoms with Gasteiger partial charge < -0.3 is 14.2 Å². The minimum Gasteiger partial charge on any atom is -0.493 e. The van der Waals surface area contributed by atoms with Crippen LogP contribution < -0.4 is 9.47 Å². The molecule has 0 atom stereocenters. The third-order valence-corrected chi connectivity index (χ3v) is 6.38. The second-order valence-corrected chi connectivity index (χ2v) is 8.28. The van der Waals surface area contributed by atoms with Crippen molar-refractivity contribution >= 4 is 39.3 Å². The molecule has 0 amide bonds. The zero-order valence-corrected chi connectivity index (χ0v) is 17.9. The van der Waals surface area contributed by atoms with Crippen molar-refractivity contribution in [2.45, 2.75) is 24.8 Å². The first-order valence-corrected chi connectivity index (χ1v) is 10.5. The number of methoxy groups -OCH3 is 3. The molecule has 0 saturated heterocycles. The lowest BCUT2D eigenvalue weighted by Crippen LogP contribution is -2.00. The summed E-state index contributed by atoms with van der Waals surface area (Å²) >= 11 is 3.28. The number of benzene rings is 1. The molecule has 3 aromatic rings. The Bertz CT molecular complexity index is 988. The van der Waals surface area contributed by atoms with Gasteiger partial charge in [0.05, 0.1) is 26.7 Å². The topological polar surface area (TPSA) is 70.5 Å². The molecule has 0 radical (unpaired) electrons. The van der Waals surface area contributed by atoms with Crippen LogP contribution in [0.25, 0.3) is 21.3 Å². The van der Waals surface area contributed by atoms with E-state index in [1.807, 2.05) is 18.2 Å². The lowest BCUT2D eigenvalue weighted by atomic mass is 10.0. The number of ether oxygens (including phenoxy) is 3. The fourth-order valence-corrected chi connectivity index (χ4v) is 4.98. The van der Waals surface area contributed by atoms with Crippen LogP contribution in [0, 0.1) is 6.92 Å².